The van der Waals surface area contributed by atoms with E-state index in [0.717, 1.165) is 39.3 Å². The molecule has 0 spiro atoms. The number of morpholine rings is 1. The molecule has 1 atom stereocenters. The summed E-state index contributed by atoms with van der Waals surface area (Å²) >= 11 is 0. The Bertz CT molecular complexity index is 651. The summed E-state index contributed by atoms with van der Waals surface area (Å²) in [6.45, 7) is 7.06. The average molecular weight is 372 g/mol. The second-order valence-electron chi connectivity index (χ2n) is 8.47. The third-order valence-corrected chi connectivity index (χ3v) is 6.74. The van der Waals surface area contributed by atoms with Gasteiger partial charge in [0.1, 0.15) is 0 Å². The number of rotatable bonds is 5. The number of benzene rings is 1. The molecular weight excluding hydrogens is 338 g/mol. The van der Waals surface area contributed by atoms with E-state index in [1.165, 1.54) is 43.4 Å². The minimum atomic E-state index is 0.131. The van der Waals surface area contributed by atoms with Gasteiger partial charge in [-0.2, -0.15) is 0 Å². The standard InChI is InChI=1S/C22H33N3O2/c1-18-15-19-7-3-4-8-20(19)25(18)16-21(26)23-17-22(9-5-2-6-10-22)24-11-13-27-14-12-24/h3-4,7-8,18H,2,5-6,9-17H2,1H3,(H,23,26)/t18-/m0/s1. The van der Waals surface area contributed by atoms with Crippen LogP contribution in [0.25, 0.3) is 0 Å². The van der Waals surface area contributed by atoms with E-state index in [0.29, 0.717) is 12.6 Å². The molecule has 27 heavy (non-hydrogen) atoms. The molecule has 1 aliphatic carbocycles. The van der Waals surface area contributed by atoms with Gasteiger partial charge in [-0.25, -0.2) is 0 Å². The summed E-state index contributed by atoms with van der Waals surface area (Å²) in [6.07, 6.45) is 7.27. The van der Waals surface area contributed by atoms with Crippen LogP contribution in [0, 0.1) is 0 Å². The van der Waals surface area contributed by atoms with Crippen molar-refractivity contribution in [2.75, 3.05) is 44.3 Å². The molecule has 1 saturated carbocycles. The number of nitrogens with one attached hydrogen (secondary N) is 1. The minimum absolute atomic E-state index is 0.131. The fourth-order valence-corrected chi connectivity index (χ4v) is 5.20. The Kier molecular flexibility index (Phi) is 5.69. The average Bonchev–Trinajstić information content (AvgIpc) is 3.03. The molecular formula is C22H33N3O2. The van der Waals surface area contributed by atoms with Gasteiger partial charge in [0.05, 0.1) is 19.8 Å². The van der Waals surface area contributed by atoms with Crippen LogP contribution in [-0.4, -0.2) is 61.8 Å². The Morgan fingerprint density at radius 1 is 1.19 bits per heavy atom. The zero-order valence-electron chi connectivity index (χ0n) is 16.6. The normalized spacial score (nSPS) is 25.2. The number of hydrogen-bond acceptors (Lipinski definition) is 4. The molecule has 2 aliphatic heterocycles. The topological polar surface area (TPSA) is 44.8 Å². The van der Waals surface area contributed by atoms with Gasteiger partial charge in [0.15, 0.2) is 0 Å². The van der Waals surface area contributed by atoms with E-state index in [9.17, 15) is 4.79 Å². The first kappa shape index (κ1) is 18.8. The van der Waals surface area contributed by atoms with Gasteiger partial charge in [-0.3, -0.25) is 9.69 Å². The van der Waals surface area contributed by atoms with E-state index in [-0.39, 0.29) is 11.4 Å². The third-order valence-electron chi connectivity index (χ3n) is 6.74. The van der Waals surface area contributed by atoms with Crippen LogP contribution in [0.4, 0.5) is 5.69 Å². The van der Waals surface area contributed by atoms with Crippen LogP contribution >= 0.6 is 0 Å². The number of carbonyl (C=O) groups is 1. The maximum absolute atomic E-state index is 12.8. The Hall–Kier alpha value is -1.59. The molecule has 1 aromatic rings. The Morgan fingerprint density at radius 3 is 2.70 bits per heavy atom. The number of anilines is 1. The lowest BCUT2D eigenvalue weighted by Gasteiger charge is -2.48. The van der Waals surface area contributed by atoms with Crippen molar-refractivity contribution in [1.29, 1.82) is 0 Å². The highest BCUT2D eigenvalue weighted by Gasteiger charge is 2.39. The van der Waals surface area contributed by atoms with Gasteiger partial charge in [-0.05, 0) is 37.8 Å². The van der Waals surface area contributed by atoms with Gasteiger partial charge >= 0.3 is 0 Å². The van der Waals surface area contributed by atoms with Crippen LogP contribution in [0.5, 0.6) is 0 Å². The summed E-state index contributed by atoms with van der Waals surface area (Å²) in [4.78, 5) is 17.7. The summed E-state index contributed by atoms with van der Waals surface area (Å²) in [7, 11) is 0. The number of nitrogens with zero attached hydrogens (tertiary/aromatic N) is 2. The number of fused-ring (bicyclic) bond motifs is 1. The molecule has 2 heterocycles. The molecule has 148 valence electrons. The molecule has 5 heteroatoms. The van der Waals surface area contributed by atoms with Crippen LogP contribution in [0.15, 0.2) is 24.3 Å². The monoisotopic (exact) mass is 371 g/mol. The maximum atomic E-state index is 12.8. The van der Waals surface area contributed by atoms with Crippen molar-refractivity contribution in [3.63, 3.8) is 0 Å². The van der Waals surface area contributed by atoms with Crippen molar-refractivity contribution in [2.45, 2.75) is 57.0 Å². The van der Waals surface area contributed by atoms with Gasteiger partial charge in [-0.15, -0.1) is 0 Å². The summed E-state index contributed by atoms with van der Waals surface area (Å²) in [5.41, 5.74) is 2.71. The first-order valence-corrected chi connectivity index (χ1v) is 10.6. The molecule has 5 nitrogen and oxygen atoms in total. The lowest BCUT2D eigenvalue weighted by atomic mass is 9.79. The van der Waals surface area contributed by atoms with E-state index in [1.54, 1.807) is 0 Å². The van der Waals surface area contributed by atoms with Crippen LogP contribution in [0.1, 0.15) is 44.6 Å². The van der Waals surface area contributed by atoms with Crippen molar-refractivity contribution in [1.82, 2.24) is 10.2 Å². The molecule has 1 N–H and O–H groups in total. The second-order valence-corrected chi connectivity index (χ2v) is 8.47. The van der Waals surface area contributed by atoms with Gasteiger partial charge in [0.2, 0.25) is 5.91 Å². The van der Waals surface area contributed by atoms with E-state index < -0.39 is 0 Å². The van der Waals surface area contributed by atoms with Crippen LogP contribution in [-0.2, 0) is 16.0 Å². The molecule has 1 amide bonds. The van der Waals surface area contributed by atoms with Crippen molar-refractivity contribution in [3.05, 3.63) is 29.8 Å². The minimum Gasteiger partial charge on any atom is -0.379 e. The molecule has 0 unspecified atom stereocenters. The zero-order chi connectivity index (χ0) is 18.7. The first-order valence-electron chi connectivity index (χ1n) is 10.6. The molecule has 1 saturated heterocycles. The van der Waals surface area contributed by atoms with Gasteiger partial charge in [0, 0.05) is 36.9 Å². The second kappa shape index (κ2) is 8.19. The molecule has 0 radical (unpaired) electrons. The maximum Gasteiger partial charge on any atom is 0.239 e. The van der Waals surface area contributed by atoms with Gasteiger partial charge < -0.3 is 15.0 Å². The molecule has 2 fully saturated rings. The Labute approximate surface area is 163 Å². The fraction of sp³-hybridized carbons (Fsp3) is 0.682. The molecule has 3 aliphatic rings. The van der Waals surface area contributed by atoms with E-state index in [4.69, 9.17) is 4.74 Å². The van der Waals surface area contributed by atoms with E-state index >= 15 is 0 Å². The Balaban J connectivity index is 1.38. The van der Waals surface area contributed by atoms with Crippen molar-refractivity contribution < 1.29 is 9.53 Å². The summed E-state index contributed by atoms with van der Waals surface area (Å²) in [5, 5.41) is 3.31. The lowest BCUT2D eigenvalue weighted by molar-refractivity contribution is -0.121. The molecule has 0 bridgehead atoms. The van der Waals surface area contributed by atoms with Gasteiger partial charge in [-0.1, -0.05) is 37.5 Å². The van der Waals surface area contributed by atoms with Crippen molar-refractivity contribution in [2.24, 2.45) is 0 Å². The number of carbonyl (C=O) groups excluding carboxylic acids is 1. The number of amides is 1. The van der Waals surface area contributed by atoms with Gasteiger partial charge in [0.25, 0.3) is 0 Å². The summed E-state index contributed by atoms with van der Waals surface area (Å²) in [5.74, 6) is 0.150. The summed E-state index contributed by atoms with van der Waals surface area (Å²) in [6, 6.07) is 8.86. The molecule has 4 rings (SSSR count). The van der Waals surface area contributed by atoms with E-state index in [2.05, 4.69) is 46.3 Å². The zero-order valence-corrected chi connectivity index (χ0v) is 16.6. The third kappa shape index (κ3) is 3.99. The lowest BCUT2D eigenvalue weighted by Crippen LogP contribution is -2.60. The quantitative estimate of drug-likeness (QED) is 0.864. The largest absolute Gasteiger partial charge is 0.379 e. The highest BCUT2D eigenvalue weighted by atomic mass is 16.5. The number of ether oxygens (including phenoxy) is 1. The highest BCUT2D eigenvalue weighted by Crippen LogP contribution is 2.34. The van der Waals surface area contributed by atoms with Crippen LogP contribution in [0.2, 0.25) is 0 Å². The number of para-hydroxylation sites is 1. The Morgan fingerprint density at radius 2 is 1.93 bits per heavy atom. The highest BCUT2D eigenvalue weighted by molar-refractivity contribution is 5.82. The SMILES string of the molecule is C[C@H]1Cc2ccccc2N1CC(=O)NCC1(N2CCOCC2)CCCCC1. The molecule has 0 aromatic heterocycles. The van der Waals surface area contributed by atoms with E-state index in [1.807, 2.05) is 0 Å². The smallest absolute Gasteiger partial charge is 0.239 e. The first-order chi connectivity index (χ1) is 13.2. The fourth-order valence-electron chi connectivity index (χ4n) is 5.20. The van der Waals surface area contributed by atoms with Crippen LogP contribution in [0.3, 0.4) is 0 Å². The predicted molar refractivity (Wildman–Crippen MR) is 108 cm³/mol. The van der Waals surface area contributed by atoms with Crippen molar-refractivity contribution in [3.8, 4) is 0 Å². The number of hydrogen-bond donors (Lipinski definition) is 1. The molecule has 1 aromatic carbocycles. The summed E-state index contributed by atoms with van der Waals surface area (Å²) < 4.78 is 5.56. The van der Waals surface area contributed by atoms with Crippen molar-refractivity contribution >= 4 is 11.6 Å². The predicted octanol–water partition coefficient (Wildman–Crippen LogP) is 2.59. The van der Waals surface area contributed by atoms with Crippen LogP contribution < -0.4 is 10.2 Å².